The van der Waals surface area contributed by atoms with Gasteiger partial charge in [-0.2, -0.15) is 0 Å². The number of carbonyl (C=O) groups is 1. The Morgan fingerprint density at radius 3 is 2.69 bits per heavy atom. The van der Waals surface area contributed by atoms with E-state index in [-0.39, 0.29) is 17.7 Å². The Labute approximate surface area is 209 Å². The van der Waals surface area contributed by atoms with Gasteiger partial charge in [-0.15, -0.1) is 0 Å². The van der Waals surface area contributed by atoms with E-state index in [4.69, 9.17) is 9.72 Å². The number of carbonyl (C=O) groups excluding carboxylic acids is 1. The lowest BCUT2D eigenvalue weighted by atomic mass is 9.82. The number of fused-ring (bicyclic) bond motifs is 2. The number of halogens is 1. The van der Waals surface area contributed by atoms with E-state index in [9.17, 15) is 9.18 Å². The minimum atomic E-state index is -0.455. The third-order valence-corrected chi connectivity index (χ3v) is 7.43. The zero-order valence-corrected chi connectivity index (χ0v) is 20.3. The molecule has 0 aliphatic carbocycles. The average Bonchev–Trinajstić information content (AvgIpc) is 2.89. The van der Waals surface area contributed by atoms with E-state index in [2.05, 4.69) is 16.0 Å². The first kappa shape index (κ1) is 22.5. The summed E-state index contributed by atoms with van der Waals surface area (Å²) in [5.41, 5.74) is 4.88. The highest BCUT2D eigenvalue weighted by atomic mass is 19.1. The van der Waals surface area contributed by atoms with Gasteiger partial charge in [0.15, 0.2) is 11.6 Å². The van der Waals surface area contributed by atoms with Crippen molar-refractivity contribution in [1.82, 2.24) is 14.9 Å². The molecule has 0 bridgehead atoms. The highest BCUT2D eigenvalue weighted by Gasteiger charge is 2.44. The van der Waals surface area contributed by atoms with E-state index >= 15 is 0 Å². The van der Waals surface area contributed by atoms with Crippen molar-refractivity contribution >= 4 is 22.8 Å². The molecule has 0 unspecified atom stereocenters. The SMILES string of the molecule is COc1cc2nc(N3C[C@@H]4CCN(C(=O)c5cc(C)ccc5-c5ccccc5)C[C@@H]43)cnc2cc1F. The molecule has 2 aliphatic rings. The van der Waals surface area contributed by atoms with Gasteiger partial charge in [0.05, 0.1) is 30.4 Å². The number of nitrogens with zero attached hydrogens (tertiary/aromatic N) is 4. The predicted octanol–water partition coefficient (Wildman–Crippen LogP) is 5.10. The average molecular weight is 483 g/mol. The van der Waals surface area contributed by atoms with E-state index in [1.54, 1.807) is 12.3 Å². The van der Waals surface area contributed by atoms with Crippen LogP contribution in [0, 0.1) is 18.7 Å². The molecule has 0 N–H and O–H groups in total. The summed E-state index contributed by atoms with van der Waals surface area (Å²) in [7, 11) is 1.44. The van der Waals surface area contributed by atoms with Crippen molar-refractivity contribution in [2.24, 2.45) is 5.92 Å². The van der Waals surface area contributed by atoms with E-state index in [1.165, 1.54) is 13.2 Å². The number of hydrogen-bond acceptors (Lipinski definition) is 5. The topological polar surface area (TPSA) is 58.6 Å². The molecule has 182 valence electrons. The Kier molecular flexibility index (Phi) is 5.55. The van der Waals surface area contributed by atoms with Crippen molar-refractivity contribution in [1.29, 1.82) is 0 Å². The minimum absolute atomic E-state index is 0.0626. The third-order valence-electron chi connectivity index (χ3n) is 7.43. The first-order valence-electron chi connectivity index (χ1n) is 12.2. The molecule has 0 spiro atoms. The van der Waals surface area contributed by atoms with Crippen LogP contribution in [-0.2, 0) is 0 Å². The normalized spacial score (nSPS) is 19.1. The van der Waals surface area contributed by atoms with Crippen molar-refractivity contribution in [3.8, 4) is 16.9 Å². The molecule has 1 aromatic heterocycles. The summed E-state index contributed by atoms with van der Waals surface area (Å²) < 4.78 is 19.2. The highest BCUT2D eigenvalue weighted by molar-refractivity contribution is 6.01. The van der Waals surface area contributed by atoms with Crippen LogP contribution >= 0.6 is 0 Å². The lowest BCUT2D eigenvalue weighted by Crippen LogP contribution is -2.65. The second kappa shape index (κ2) is 8.90. The van der Waals surface area contributed by atoms with Crippen molar-refractivity contribution in [2.75, 3.05) is 31.6 Å². The molecule has 2 aliphatic heterocycles. The highest BCUT2D eigenvalue weighted by Crippen LogP contribution is 2.37. The lowest BCUT2D eigenvalue weighted by molar-refractivity contribution is 0.0592. The second-order valence-electron chi connectivity index (χ2n) is 9.64. The number of aromatic nitrogens is 2. The van der Waals surface area contributed by atoms with Crippen LogP contribution in [0.5, 0.6) is 5.75 Å². The largest absolute Gasteiger partial charge is 0.494 e. The third kappa shape index (κ3) is 3.85. The van der Waals surface area contributed by atoms with Gasteiger partial charge in [0.25, 0.3) is 5.91 Å². The molecule has 2 saturated heterocycles. The standard InChI is InChI=1S/C29H27FN4O2/c1-18-8-9-21(19-6-4-3-5-7-19)22(12-18)29(35)33-11-10-20-16-34(26(20)17-33)28-15-31-24-13-23(30)27(36-2)14-25(24)32-28/h3-9,12-15,20,26H,10-11,16-17H2,1-2H3/t20-,26-/m0/s1. The van der Waals surface area contributed by atoms with Gasteiger partial charge in [0, 0.05) is 43.2 Å². The number of hydrogen-bond donors (Lipinski definition) is 0. The molecule has 4 aromatic rings. The van der Waals surface area contributed by atoms with E-state index < -0.39 is 5.82 Å². The fourth-order valence-electron chi connectivity index (χ4n) is 5.42. The molecule has 2 atom stereocenters. The Morgan fingerprint density at radius 1 is 1.06 bits per heavy atom. The first-order chi connectivity index (χ1) is 17.5. The van der Waals surface area contributed by atoms with Gasteiger partial charge in [0.2, 0.25) is 0 Å². The van der Waals surface area contributed by atoms with Crippen LogP contribution in [0.15, 0.2) is 66.9 Å². The fraction of sp³-hybridized carbons (Fsp3) is 0.276. The van der Waals surface area contributed by atoms with Crippen molar-refractivity contribution in [3.05, 3.63) is 83.8 Å². The molecular weight excluding hydrogens is 455 g/mol. The summed E-state index contributed by atoms with van der Waals surface area (Å²) in [6, 6.07) is 19.3. The second-order valence-corrected chi connectivity index (χ2v) is 9.64. The summed E-state index contributed by atoms with van der Waals surface area (Å²) in [6.07, 6.45) is 2.65. The van der Waals surface area contributed by atoms with E-state index in [1.807, 2.05) is 54.3 Å². The fourth-order valence-corrected chi connectivity index (χ4v) is 5.42. The summed E-state index contributed by atoms with van der Waals surface area (Å²) in [4.78, 5) is 27.1. The monoisotopic (exact) mass is 482 g/mol. The molecule has 6 nitrogen and oxygen atoms in total. The molecule has 3 aromatic carbocycles. The van der Waals surface area contributed by atoms with Crippen LogP contribution in [0.2, 0.25) is 0 Å². The van der Waals surface area contributed by atoms with Gasteiger partial charge < -0.3 is 14.5 Å². The van der Waals surface area contributed by atoms with E-state index in [0.717, 1.165) is 47.6 Å². The number of methoxy groups -OCH3 is 1. The van der Waals surface area contributed by atoms with Gasteiger partial charge >= 0.3 is 0 Å². The van der Waals surface area contributed by atoms with Crippen LogP contribution in [0.4, 0.5) is 10.2 Å². The van der Waals surface area contributed by atoms with Crippen LogP contribution in [0.25, 0.3) is 22.2 Å². The van der Waals surface area contributed by atoms with Gasteiger partial charge in [-0.1, -0.05) is 48.0 Å². The molecule has 0 radical (unpaired) electrons. The first-order valence-corrected chi connectivity index (χ1v) is 12.2. The quantitative estimate of drug-likeness (QED) is 0.405. The maximum Gasteiger partial charge on any atom is 0.254 e. The molecule has 2 fully saturated rings. The Hall–Kier alpha value is -4.00. The number of piperidine rings is 1. The van der Waals surface area contributed by atoms with Gasteiger partial charge in [-0.3, -0.25) is 9.78 Å². The smallest absolute Gasteiger partial charge is 0.254 e. The Morgan fingerprint density at radius 2 is 1.89 bits per heavy atom. The summed E-state index contributed by atoms with van der Waals surface area (Å²) >= 11 is 0. The zero-order valence-electron chi connectivity index (χ0n) is 20.3. The number of amides is 1. The summed E-state index contributed by atoms with van der Waals surface area (Å²) in [6.45, 7) is 4.28. The number of aryl methyl sites for hydroxylation is 1. The summed E-state index contributed by atoms with van der Waals surface area (Å²) in [5.74, 6) is 1.01. The predicted molar refractivity (Wildman–Crippen MR) is 138 cm³/mol. The zero-order chi connectivity index (χ0) is 24.8. The Bertz CT molecular complexity index is 1460. The summed E-state index contributed by atoms with van der Waals surface area (Å²) in [5, 5.41) is 0. The van der Waals surface area contributed by atoms with Crippen LogP contribution < -0.4 is 9.64 Å². The Balaban J connectivity index is 1.26. The number of likely N-dealkylation sites (tertiary alicyclic amines) is 1. The maximum absolute atomic E-state index is 14.1. The molecule has 0 saturated carbocycles. The number of rotatable bonds is 4. The molecule has 1 amide bonds. The number of anilines is 1. The molecule has 6 rings (SSSR count). The minimum Gasteiger partial charge on any atom is -0.494 e. The van der Waals surface area contributed by atoms with Crippen LogP contribution in [0.3, 0.4) is 0 Å². The van der Waals surface area contributed by atoms with E-state index in [0.29, 0.717) is 23.5 Å². The molecule has 7 heteroatoms. The maximum atomic E-state index is 14.1. The van der Waals surface area contributed by atoms with Gasteiger partial charge in [0.1, 0.15) is 5.82 Å². The molecule has 36 heavy (non-hydrogen) atoms. The molecule has 3 heterocycles. The lowest BCUT2D eigenvalue weighted by Gasteiger charge is -2.54. The number of ether oxygens (including phenoxy) is 1. The van der Waals surface area contributed by atoms with Crippen molar-refractivity contribution in [3.63, 3.8) is 0 Å². The van der Waals surface area contributed by atoms with Gasteiger partial charge in [-0.05, 0) is 30.5 Å². The van der Waals surface area contributed by atoms with Gasteiger partial charge in [-0.25, -0.2) is 9.37 Å². The molecular formula is C29H27FN4O2. The number of benzene rings is 3. The van der Waals surface area contributed by atoms with Crippen LogP contribution in [0.1, 0.15) is 22.3 Å². The van der Waals surface area contributed by atoms with Crippen molar-refractivity contribution in [2.45, 2.75) is 19.4 Å². The van der Waals surface area contributed by atoms with Crippen LogP contribution in [-0.4, -0.2) is 53.6 Å². The van der Waals surface area contributed by atoms with Crippen molar-refractivity contribution < 1.29 is 13.9 Å².